The molecule has 0 saturated carbocycles. The number of amides is 1. The molecule has 1 aliphatic carbocycles. The summed E-state index contributed by atoms with van der Waals surface area (Å²) in [4.78, 5) is 21.5. The fraction of sp³-hybridized carbons (Fsp3) is 0.304. The zero-order valence-electron chi connectivity index (χ0n) is 16.9. The Morgan fingerprint density at radius 2 is 2.00 bits per heavy atom. The van der Waals surface area contributed by atoms with Crippen LogP contribution in [-0.4, -0.2) is 21.6 Å². The van der Waals surface area contributed by atoms with Gasteiger partial charge in [-0.2, -0.15) is 5.26 Å². The summed E-state index contributed by atoms with van der Waals surface area (Å²) in [6, 6.07) is 10.3. The lowest BCUT2D eigenvalue weighted by Crippen LogP contribution is -2.12. The molecule has 0 radical (unpaired) electrons. The van der Waals surface area contributed by atoms with Crippen molar-refractivity contribution in [2.75, 3.05) is 11.1 Å². The molecule has 1 N–H and O–H groups in total. The third kappa shape index (κ3) is 5.49. The Hall–Kier alpha value is -2.76. The van der Waals surface area contributed by atoms with Crippen molar-refractivity contribution >= 4 is 34.1 Å². The normalized spacial score (nSPS) is 13.2. The second-order valence-electron chi connectivity index (χ2n) is 7.31. The van der Waals surface area contributed by atoms with E-state index in [1.54, 1.807) is 12.1 Å². The lowest BCUT2D eigenvalue weighted by atomic mass is 10.1. The minimum absolute atomic E-state index is 0.138. The maximum absolute atomic E-state index is 13.1. The number of hydrogen-bond donors (Lipinski definition) is 1. The van der Waals surface area contributed by atoms with E-state index >= 15 is 0 Å². The predicted octanol–water partition coefficient (Wildman–Crippen LogP) is 5.61. The van der Waals surface area contributed by atoms with Gasteiger partial charge in [-0.15, -0.1) is 23.1 Å². The van der Waals surface area contributed by atoms with E-state index in [0.717, 1.165) is 36.9 Å². The monoisotopic (exact) mass is 452 g/mol. The molecule has 2 aromatic heterocycles. The summed E-state index contributed by atoms with van der Waals surface area (Å²) >= 11 is 2.78. The van der Waals surface area contributed by atoms with Crippen molar-refractivity contribution < 1.29 is 9.18 Å². The van der Waals surface area contributed by atoms with Crippen LogP contribution < -0.4 is 5.32 Å². The van der Waals surface area contributed by atoms with E-state index < -0.39 is 0 Å². The molecule has 3 aromatic rings. The number of carbonyl (C=O) groups is 1. The van der Waals surface area contributed by atoms with E-state index in [1.165, 1.54) is 47.2 Å². The number of pyridine rings is 1. The largest absolute Gasteiger partial charge is 0.302 e. The molecule has 0 fully saturated rings. The van der Waals surface area contributed by atoms with E-state index in [2.05, 4.69) is 16.4 Å². The number of carbonyl (C=O) groups excluding carboxylic acids is 1. The predicted molar refractivity (Wildman–Crippen MR) is 122 cm³/mol. The molecule has 0 saturated heterocycles. The zero-order chi connectivity index (χ0) is 21.6. The Morgan fingerprint density at radius 3 is 2.81 bits per heavy atom. The number of nitrogens with one attached hydrogen (secondary N) is 1. The summed E-state index contributed by atoms with van der Waals surface area (Å²) in [7, 11) is 0. The van der Waals surface area contributed by atoms with Gasteiger partial charge in [0, 0.05) is 28.8 Å². The van der Waals surface area contributed by atoms with Crippen LogP contribution in [0.15, 0.2) is 40.7 Å². The third-order valence-electron chi connectivity index (χ3n) is 5.09. The molecule has 0 aliphatic heterocycles. The fourth-order valence-corrected chi connectivity index (χ4v) is 5.14. The average Bonchev–Trinajstić information content (AvgIpc) is 3.10. The van der Waals surface area contributed by atoms with E-state index in [9.17, 15) is 14.4 Å². The first-order valence-corrected chi connectivity index (χ1v) is 12.1. The summed E-state index contributed by atoms with van der Waals surface area (Å²) in [5.74, 6) is 0.0944. The number of nitriles is 1. The van der Waals surface area contributed by atoms with Crippen molar-refractivity contribution in [1.82, 2.24) is 9.97 Å². The van der Waals surface area contributed by atoms with Crippen LogP contribution in [0.1, 0.15) is 42.5 Å². The van der Waals surface area contributed by atoms with Crippen LogP contribution >= 0.6 is 23.1 Å². The molecule has 2 heterocycles. The summed E-state index contributed by atoms with van der Waals surface area (Å²) in [6.45, 7) is 0. The number of aromatic nitrogens is 2. The zero-order valence-corrected chi connectivity index (χ0v) is 18.5. The maximum atomic E-state index is 13.1. The first-order valence-electron chi connectivity index (χ1n) is 10.2. The van der Waals surface area contributed by atoms with E-state index in [0.29, 0.717) is 33.6 Å². The molecule has 0 atom stereocenters. The van der Waals surface area contributed by atoms with Gasteiger partial charge in [0.1, 0.15) is 16.9 Å². The number of anilines is 1. The molecule has 31 heavy (non-hydrogen) atoms. The number of rotatable bonds is 6. The standard InChI is InChI=1S/C23H21FN4OS2/c24-18-8-6-15(7-9-18)20-14-31-23(27-20)28-21(29)10-11-30-22-17(13-25)12-16-4-2-1-3-5-19(16)26-22/h6-9,12,14H,1-5,10-11H2,(H,27,28,29). The number of halogens is 1. The highest BCUT2D eigenvalue weighted by Crippen LogP contribution is 2.28. The lowest BCUT2D eigenvalue weighted by molar-refractivity contribution is -0.115. The number of aryl methyl sites for hydroxylation is 2. The molecule has 4 rings (SSSR count). The van der Waals surface area contributed by atoms with Crippen LogP contribution in [0.3, 0.4) is 0 Å². The molecule has 1 aromatic carbocycles. The smallest absolute Gasteiger partial charge is 0.226 e. The number of thioether (sulfide) groups is 1. The highest BCUT2D eigenvalue weighted by atomic mass is 32.2. The molecule has 5 nitrogen and oxygen atoms in total. The Labute approximate surface area is 188 Å². The van der Waals surface area contributed by atoms with Gasteiger partial charge < -0.3 is 5.32 Å². The quantitative estimate of drug-likeness (QED) is 0.389. The fourth-order valence-electron chi connectivity index (χ4n) is 3.49. The topological polar surface area (TPSA) is 78.7 Å². The second kappa shape index (κ2) is 10.0. The molecule has 8 heteroatoms. The molecular weight excluding hydrogens is 431 g/mol. The van der Waals surface area contributed by atoms with Gasteiger partial charge in [-0.25, -0.2) is 14.4 Å². The van der Waals surface area contributed by atoms with E-state index in [1.807, 2.05) is 11.4 Å². The first-order chi connectivity index (χ1) is 15.1. The minimum atomic E-state index is -0.298. The van der Waals surface area contributed by atoms with Crippen molar-refractivity contribution in [3.63, 3.8) is 0 Å². The molecule has 0 bridgehead atoms. The lowest BCUT2D eigenvalue weighted by Gasteiger charge is -2.09. The second-order valence-corrected chi connectivity index (χ2v) is 9.25. The molecule has 1 amide bonds. The Bertz CT molecular complexity index is 1120. The summed E-state index contributed by atoms with van der Waals surface area (Å²) < 4.78 is 13.1. The summed E-state index contributed by atoms with van der Waals surface area (Å²) in [5, 5.41) is 15.4. The Morgan fingerprint density at radius 1 is 1.19 bits per heavy atom. The summed E-state index contributed by atoms with van der Waals surface area (Å²) in [6.07, 6.45) is 5.70. The molecular formula is C23H21FN4OS2. The van der Waals surface area contributed by atoms with Crippen LogP contribution in [0.2, 0.25) is 0 Å². The maximum Gasteiger partial charge on any atom is 0.226 e. The van der Waals surface area contributed by atoms with Gasteiger partial charge in [-0.1, -0.05) is 6.42 Å². The molecule has 158 valence electrons. The van der Waals surface area contributed by atoms with Crippen molar-refractivity contribution in [3.05, 3.63) is 58.3 Å². The average molecular weight is 453 g/mol. The number of thiazole rings is 1. The number of benzene rings is 1. The third-order valence-corrected chi connectivity index (χ3v) is 6.85. The first kappa shape index (κ1) is 21.5. The van der Waals surface area contributed by atoms with Gasteiger partial charge in [0.05, 0.1) is 11.3 Å². The van der Waals surface area contributed by atoms with Crippen molar-refractivity contribution in [3.8, 4) is 17.3 Å². The minimum Gasteiger partial charge on any atom is -0.302 e. The van der Waals surface area contributed by atoms with Crippen LogP contribution in [0, 0.1) is 17.1 Å². The van der Waals surface area contributed by atoms with Crippen LogP contribution in [-0.2, 0) is 17.6 Å². The van der Waals surface area contributed by atoms with Gasteiger partial charge in [0.15, 0.2) is 5.13 Å². The van der Waals surface area contributed by atoms with Crippen LogP contribution in [0.4, 0.5) is 9.52 Å². The van der Waals surface area contributed by atoms with Crippen LogP contribution in [0.25, 0.3) is 11.3 Å². The van der Waals surface area contributed by atoms with Crippen molar-refractivity contribution in [2.45, 2.75) is 43.6 Å². The Kier molecular flexibility index (Phi) is 6.95. The Balaban J connectivity index is 1.33. The number of hydrogen-bond acceptors (Lipinski definition) is 6. The summed E-state index contributed by atoms with van der Waals surface area (Å²) in [5.41, 5.74) is 4.38. The van der Waals surface area contributed by atoms with Crippen molar-refractivity contribution in [2.24, 2.45) is 0 Å². The van der Waals surface area contributed by atoms with Crippen LogP contribution in [0.5, 0.6) is 0 Å². The highest BCUT2D eigenvalue weighted by Gasteiger charge is 2.15. The van der Waals surface area contributed by atoms with Gasteiger partial charge in [0.25, 0.3) is 0 Å². The van der Waals surface area contributed by atoms with Gasteiger partial charge >= 0.3 is 0 Å². The number of nitrogens with zero attached hydrogens (tertiary/aromatic N) is 3. The van der Waals surface area contributed by atoms with Gasteiger partial charge in [0.2, 0.25) is 5.91 Å². The van der Waals surface area contributed by atoms with E-state index in [4.69, 9.17) is 4.98 Å². The van der Waals surface area contributed by atoms with E-state index in [-0.39, 0.29) is 11.7 Å². The SMILES string of the molecule is N#Cc1cc2c(nc1SCCC(=O)Nc1nc(-c3ccc(F)cc3)cs1)CCCCC2. The molecule has 0 unspecified atom stereocenters. The number of fused-ring (bicyclic) bond motifs is 1. The molecule has 1 aliphatic rings. The van der Waals surface area contributed by atoms with Crippen molar-refractivity contribution in [1.29, 1.82) is 5.26 Å². The van der Waals surface area contributed by atoms with Gasteiger partial charge in [-0.3, -0.25) is 4.79 Å². The molecule has 0 spiro atoms. The highest BCUT2D eigenvalue weighted by molar-refractivity contribution is 7.99. The van der Waals surface area contributed by atoms with Gasteiger partial charge in [-0.05, 0) is 61.6 Å².